The number of para-hydroxylation sites is 1. The molecule has 0 spiro atoms. The number of halogens is 2. The minimum absolute atomic E-state index is 0.311. The van der Waals surface area contributed by atoms with E-state index < -0.39 is 0 Å². The van der Waals surface area contributed by atoms with Gasteiger partial charge in [0.15, 0.2) is 11.6 Å². The lowest BCUT2D eigenvalue weighted by Crippen LogP contribution is -2.05. The molecule has 110 valence electrons. The van der Waals surface area contributed by atoms with Crippen molar-refractivity contribution in [1.29, 1.82) is 0 Å². The molecule has 1 aliphatic heterocycles. The van der Waals surface area contributed by atoms with Crippen LogP contribution < -0.4 is 9.47 Å². The molecule has 21 heavy (non-hydrogen) atoms. The van der Waals surface area contributed by atoms with Crippen LogP contribution in [-0.2, 0) is 18.2 Å². The van der Waals surface area contributed by atoms with Crippen LogP contribution in [0.3, 0.4) is 0 Å². The Balaban J connectivity index is 1.64. The van der Waals surface area contributed by atoms with Gasteiger partial charge in [0, 0.05) is 23.7 Å². The van der Waals surface area contributed by atoms with E-state index in [0.29, 0.717) is 17.7 Å². The van der Waals surface area contributed by atoms with Crippen LogP contribution in [0.5, 0.6) is 11.5 Å². The Morgan fingerprint density at radius 3 is 3.00 bits per heavy atom. The summed E-state index contributed by atoms with van der Waals surface area (Å²) in [5.74, 6) is 1.02. The normalized spacial score (nSPS) is 12.9. The van der Waals surface area contributed by atoms with E-state index in [1.54, 1.807) is 6.07 Å². The maximum absolute atomic E-state index is 13.8. The van der Waals surface area contributed by atoms with E-state index in [1.807, 2.05) is 18.2 Å². The number of fused-ring (bicyclic) bond motifs is 1. The van der Waals surface area contributed by atoms with Crippen LogP contribution >= 0.6 is 15.9 Å². The van der Waals surface area contributed by atoms with Crippen molar-refractivity contribution in [3.8, 4) is 11.5 Å². The van der Waals surface area contributed by atoms with Gasteiger partial charge in [0.1, 0.15) is 5.75 Å². The second-order valence-electron chi connectivity index (χ2n) is 5.00. The third kappa shape index (κ3) is 3.21. The molecule has 1 aliphatic rings. The first-order valence-electron chi connectivity index (χ1n) is 6.98. The topological polar surface area (TPSA) is 18.5 Å². The van der Waals surface area contributed by atoms with Gasteiger partial charge in [-0.1, -0.05) is 40.2 Å². The van der Waals surface area contributed by atoms with Crippen LogP contribution in [0.2, 0.25) is 0 Å². The summed E-state index contributed by atoms with van der Waals surface area (Å²) in [5.41, 5.74) is 3.27. The van der Waals surface area contributed by atoms with Gasteiger partial charge in [-0.05, 0) is 23.3 Å². The largest absolute Gasteiger partial charge is 0.493 e. The highest BCUT2D eigenvalue weighted by molar-refractivity contribution is 9.08. The SMILES string of the molecule is Fc1cccc(CBr)c1OCCc1ccc2c(c1)CCO2. The Morgan fingerprint density at radius 1 is 1.24 bits per heavy atom. The molecular formula is C17H16BrFO2. The first-order chi connectivity index (χ1) is 10.3. The third-order valence-corrected chi connectivity index (χ3v) is 4.19. The highest BCUT2D eigenvalue weighted by atomic mass is 79.9. The van der Waals surface area contributed by atoms with E-state index >= 15 is 0 Å². The second-order valence-corrected chi connectivity index (χ2v) is 5.56. The molecule has 3 rings (SSSR count). The molecule has 0 saturated heterocycles. The summed E-state index contributed by atoms with van der Waals surface area (Å²) in [7, 11) is 0. The summed E-state index contributed by atoms with van der Waals surface area (Å²) < 4.78 is 24.9. The molecule has 0 radical (unpaired) electrons. The predicted molar refractivity (Wildman–Crippen MR) is 83.9 cm³/mol. The van der Waals surface area contributed by atoms with Gasteiger partial charge in [-0.2, -0.15) is 0 Å². The Morgan fingerprint density at radius 2 is 2.14 bits per heavy atom. The zero-order valence-electron chi connectivity index (χ0n) is 11.6. The summed E-state index contributed by atoms with van der Waals surface area (Å²) in [6.45, 7) is 1.22. The van der Waals surface area contributed by atoms with E-state index in [9.17, 15) is 4.39 Å². The molecule has 2 aromatic carbocycles. The fraction of sp³-hybridized carbons (Fsp3) is 0.294. The van der Waals surface area contributed by atoms with Crippen molar-refractivity contribution in [3.63, 3.8) is 0 Å². The van der Waals surface area contributed by atoms with E-state index in [0.717, 1.165) is 30.8 Å². The zero-order valence-corrected chi connectivity index (χ0v) is 13.2. The summed E-state index contributed by atoms with van der Waals surface area (Å²) in [6.07, 6.45) is 1.72. The fourth-order valence-corrected chi connectivity index (χ4v) is 2.93. The maximum atomic E-state index is 13.8. The first kappa shape index (κ1) is 14.4. The number of ether oxygens (including phenoxy) is 2. The molecule has 0 unspecified atom stereocenters. The molecule has 0 aromatic heterocycles. The molecular weight excluding hydrogens is 335 g/mol. The first-order valence-corrected chi connectivity index (χ1v) is 8.11. The van der Waals surface area contributed by atoms with Crippen molar-refractivity contribution in [3.05, 3.63) is 58.9 Å². The zero-order chi connectivity index (χ0) is 14.7. The molecule has 0 aliphatic carbocycles. The van der Waals surface area contributed by atoms with Gasteiger partial charge >= 0.3 is 0 Å². The quantitative estimate of drug-likeness (QED) is 0.749. The van der Waals surface area contributed by atoms with Gasteiger partial charge < -0.3 is 9.47 Å². The highest BCUT2D eigenvalue weighted by Gasteiger charge is 2.12. The van der Waals surface area contributed by atoms with Crippen molar-refractivity contribution in [2.45, 2.75) is 18.2 Å². The molecule has 0 fully saturated rings. The van der Waals surface area contributed by atoms with Crippen LogP contribution in [0.1, 0.15) is 16.7 Å². The second kappa shape index (κ2) is 6.48. The van der Waals surface area contributed by atoms with Gasteiger partial charge in [0.2, 0.25) is 0 Å². The Bertz CT molecular complexity index is 643. The monoisotopic (exact) mass is 350 g/mol. The molecule has 0 atom stereocenters. The van der Waals surface area contributed by atoms with Gasteiger partial charge in [0.05, 0.1) is 13.2 Å². The lowest BCUT2D eigenvalue weighted by atomic mass is 10.1. The highest BCUT2D eigenvalue weighted by Crippen LogP contribution is 2.27. The summed E-state index contributed by atoms with van der Waals surface area (Å²) in [5, 5.41) is 0.580. The fourth-order valence-electron chi connectivity index (χ4n) is 2.49. The molecule has 0 saturated carbocycles. The van der Waals surface area contributed by atoms with Gasteiger partial charge in [-0.15, -0.1) is 0 Å². The number of benzene rings is 2. The summed E-state index contributed by atoms with van der Waals surface area (Å²) in [4.78, 5) is 0. The van der Waals surface area contributed by atoms with Crippen LogP contribution in [0.15, 0.2) is 36.4 Å². The van der Waals surface area contributed by atoms with E-state index in [-0.39, 0.29) is 5.82 Å². The lowest BCUT2D eigenvalue weighted by molar-refractivity contribution is 0.303. The number of alkyl halides is 1. The molecule has 2 nitrogen and oxygen atoms in total. The third-order valence-electron chi connectivity index (χ3n) is 3.58. The van der Waals surface area contributed by atoms with Crippen molar-refractivity contribution in [1.82, 2.24) is 0 Å². The lowest BCUT2D eigenvalue weighted by Gasteiger charge is -2.11. The van der Waals surface area contributed by atoms with Crippen molar-refractivity contribution < 1.29 is 13.9 Å². The van der Waals surface area contributed by atoms with Gasteiger partial charge in [-0.3, -0.25) is 0 Å². The molecule has 4 heteroatoms. The maximum Gasteiger partial charge on any atom is 0.165 e. The summed E-state index contributed by atoms with van der Waals surface area (Å²) in [6, 6.07) is 11.2. The summed E-state index contributed by atoms with van der Waals surface area (Å²) >= 11 is 3.35. The molecule has 0 N–H and O–H groups in total. The van der Waals surface area contributed by atoms with Crippen LogP contribution in [0.25, 0.3) is 0 Å². The number of hydrogen-bond acceptors (Lipinski definition) is 2. The molecule has 2 aromatic rings. The predicted octanol–water partition coefficient (Wildman–Crippen LogP) is 4.28. The van der Waals surface area contributed by atoms with Crippen molar-refractivity contribution in [2.24, 2.45) is 0 Å². The minimum Gasteiger partial charge on any atom is -0.493 e. The van der Waals surface area contributed by atoms with Crippen molar-refractivity contribution >= 4 is 15.9 Å². The standard InChI is InChI=1S/C17H16BrFO2/c18-11-14-2-1-3-15(19)17(14)21-8-6-12-4-5-16-13(10-12)7-9-20-16/h1-5,10H,6-9,11H2. The average Bonchev–Trinajstić information content (AvgIpc) is 2.96. The van der Waals surface area contributed by atoms with Gasteiger partial charge in [-0.25, -0.2) is 4.39 Å². The Hall–Kier alpha value is -1.55. The molecule has 1 heterocycles. The number of rotatable bonds is 5. The van der Waals surface area contributed by atoms with E-state index in [2.05, 4.69) is 22.0 Å². The van der Waals surface area contributed by atoms with Crippen LogP contribution in [0, 0.1) is 5.82 Å². The Labute approximate surface area is 132 Å². The van der Waals surface area contributed by atoms with Crippen LogP contribution in [-0.4, -0.2) is 13.2 Å². The minimum atomic E-state index is -0.311. The number of hydrogen-bond donors (Lipinski definition) is 0. The van der Waals surface area contributed by atoms with Crippen LogP contribution in [0.4, 0.5) is 4.39 Å². The Kier molecular flexibility index (Phi) is 4.44. The van der Waals surface area contributed by atoms with Gasteiger partial charge in [0.25, 0.3) is 0 Å². The van der Waals surface area contributed by atoms with E-state index in [1.165, 1.54) is 17.2 Å². The molecule has 0 amide bonds. The smallest absolute Gasteiger partial charge is 0.165 e. The van der Waals surface area contributed by atoms with Crippen molar-refractivity contribution in [2.75, 3.05) is 13.2 Å². The molecule has 0 bridgehead atoms. The van der Waals surface area contributed by atoms with E-state index in [4.69, 9.17) is 9.47 Å². The average molecular weight is 351 g/mol.